The van der Waals surface area contributed by atoms with E-state index in [-0.39, 0.29) is 24.5 Å². The molecule has 0 spiro atoms. The van der Waals surface area contributed by atoms with E-state index in [1.165, 1.54) is 7.11 Å². The second-order valence-electron chi connectivity index (χ2n) is 4.64. The Balaban J connectivity index is 0.00000180. The lowest BCUT2D eigenvalue weighted by atomic mass is 10.1. The van der Waals surface area contributed by atoms with Gasteiger partial charge in [-0.1, -0.05) is 0 Å². The number of benzene rings is 1. The Morgan fingerprint density at radius 2 is 1.79 bits per heavy atom. The first-order valence-electron chi connectivity index (χ1n) is 6.22. The molecule has 1 aromatic rings. The van der Waals surface area contributed by atoms with Crippen molar-refractivity contribution in [1.29, 1.82) is 0 Å². The summed E-state index contributed by atoms with van der Waals surface area (Å²) in [7, 11) is 3.51. The maximum absolute atomic E-state index is 11.3. The Morgan fingerprint density at radius 1 is 1.21 bits per heavy atom. The van der Waals surface area contributed by atoms with Gasteiger partial charge in [-0.3, -0.25) is 0 Å². The van der Waals surface area contributed by atoms with Crippen LogP contribution < -0.4 is 4.74 Å². The van der Waals surface area contributed by atoms with Gasteiger partial charge in [0.1, 0.15) is 11.9 Å². The van der Waals surface area contributed by atoms with Crippen LogP contribution in [-0.2, 0) is 4.74 Å². The van der Waals surface area contributed by atoms with Crippen molar-refractivity contribution in [2.24, 2.45) is 0 Å². The number of nitrogens with zero attached hydrogens (tertiary/aromatic N) is 1. The van der Waals surface area contributed by atoms with Gasteiger partial charge in [-0.25, -0.2) is 4.79 Å². The van der Waals surface area contributed by atoms with E-state index in [1.807, 2.05) is 12.1 Å². The fraction of sp³-hybridized carbons (Fsp3) is 0.500. The molecular weight excluding hydrogens is 266 g/mol. The number of halogens is 1. The van der Waals surface area contributed by atoms with Gasteiger partial charge in [-0.05, 0) is 44.2 Å². The number of rotatable bonds is 3. The summed E-state index contributed by atoms with van der Waals surface area (Å²) in [6.07, 6.45) is 2.38. The lowest BCUT2D eigenvalue weighted by molar-refractivity contribution is 0.0600. The number of piperidine rings is 1. The Kier molecular flexibility index (Phi) is 6.12. The van der Waals surface area contributed by atoms with Crippen LogP contribution in [0.4, 0.5) is 0 Å². The molecule has 1 fully saturated rings. The molecule has 0 radical (unpaired) electrons. The molecular formula is C14H20ClNO3. The number of carbonyl (C=O) groups excluding carboxylic acids is 1. The Hall–Kier alpha value is -1.26. The van der Waals surface area contributed by atoms with Gasteiger partial charge in [0.05, 0.1) is 12.7 Å². The maximum atomic E-state index is 11.3. The lowest BCUT2D eigenvalue weighted by Gasteiger charge is -2.29. The standard InChI is InChI=1S/C14H19NO3.ClH/c1-15-9-7-13(8-10-15)18-12-5-3-11(4-6-12)14(16)17-2;/h3-6,13H,7-10H2,1-2H3;1H. The Labute approximate surface area is 120 Å². The molecule has 1 aliphatic heterocycles. The summed E-state index contributed by atoms with van der Waals surface area (Å²) < 4.78 is 10.5. The SMILES string of the molecule is COC(=O)c1ccc(OC2CCN(C)CC2)cc1.Cl. The van der Waals surface area contributed by atoms with Gasteiger partial charge in [-0.2, -0.15) is 0 Å². The number of carbonyl (C=O) groups is 1. The van der Waals surface area contributed by atoms with Crippen LogP contribution in [0, 0.1) is 0 Å². The van der Waals surface area contributed by atoms with E-state index in [4.69, 9.17) is 4.74 Å². The predicted octanol–water partition coefficient (Wildman–Crippen LogP) is 2.37. The van der Waals surface area contributed by atoms with Crippen molar-refractivity contribution in [3.63, 3.8) is 0 Å². The summed E-state index contributed by atoms with van der Waals surface area (Å²) in [6, 6.07) is 7.11. The van der Waals surface area contributed by atoms with E-state index in [0.717, 1.165) is 31.7 Å². The monoisotopic (exact) mass is 285 g/mol. The first-order valence-corrected chi connectivity index (χ1v) is 6.22. The van der Waals surface area contributed by atoms with E-state index in [2.05, 4.69) is 16.7 Å². The first-order chi connectivity index (χ1) is 8.69. The fourth-order valence-electron chi connectivity index (χ4n) is 2.08. The van der Waals surface area contributed by atoms with Gasteiger partial charge in [0, 0.05) is 13.1 Å². The third-order valence-corrected chi connectivity index (χ3v) is 3.24. The molecule has 0 unspecified atom stereocenters. The number of esters is 1. The van der Waals surface area contributed by atoms with Crippen molar-refractivity contribution < 1.29 is 14.3 Å². The average Bonchev–Trinajstić information content (AvgIpc) is 2.41. The molecule has 1 aromatic carbocycles. The minimum atomic E-state index is -0.319. The van der Waals surface area contributed by atoms with Crippen molar-refractivity contribution in [2.75, 3.05) is 27.2 Å². The van der Waals surface area contributed by atoms with Gasteiger partial charge in [0.15, 0.2) is 0 Å². The van der Waals surface area contributed by atoms with Crippen molar-refractivity contribution in [2.45, 2.75) is 18.9 Å². The van der Waals surface area contributed by atoms with Crippen LogP contribution in [0.2, 0.25) is 0 Å². The highest BCUT2D eigenvalue weighted by atomic mass is 35.5. The quantitative estimate of drug-likeness (QED) is 0.799. The van der Waals surface area contributed by atoms with Gasteiger partial charge in [0.2, 0.25) is 0 Å². The molecule has 4 nitrogen and oxygen atoms in total. The van der Waals surface area contributed by atoms with Crippen LogP contribution in [-0.4, -0.2) is 44.2 Å². The average molecular weight is 286 g/mol. The molecule has 2 rings (SSSR count). The minimum Gasteiger partial charge on any atom is -0.490 e. The highest BCUT2D eigenvalue weighted by Crippen LogP contribution is 2.19. The van der Waals surface area contributed by atoms with E-state index < -0.39 is 0 Å². The van der Waals surface area contributed by atoms with Gasteiger partial charge < -0.3 is 14.4 Å². The lowest BCUT2D eigenvalue weighted by Crippen LogP contribution is -2.35. The summed E-state index contributed by atoms with van der Waals surface area (Å²) in [5.74, 6) is 0.498. The maximum Gasteiger partial charge on any atom is 0.337 e. The molecule has 1 aliphatic rings. The van der Waals surface area contributed by atoms with Gasteiger partial charge in [0.25, 0.3) is 0 Å². The third-order valence-electron chi connectivity index (χ3n) is 3.24. The minimum absolute atomic E-state index is 0. The number of ether oxygens (including phenoxy) is 2. The summed E-state index contributed by atoms with van der Waals surface area (Å²) in [4.78, 5) is 13.6. The first kappa shape index (κ1) is 15.8. The van der Waals surface area contributed by atoms with Crippen LogP contribution in [0.15, 0.2) is 24.3 Å². The predicted molar refractivity (Wildman–Crippen MR) is 76.2 cm³/mol. The second kappa shape index (κ2) is 7.36. The van der Waals surface area contributed by atoms with Crippen LogP contribution in [0.25, 0.3) is 0 Å². The van der Waals surface area contributed by atoms with E-state index in [1.54, 1.807) is 12.1 Å². The largest absolute Gasteiger partial charge is 0.490 e. The Morgan fingerprint density at radius 3 is 2.32 bits per heavy atom. The molecule has 0 bridgehead atoms. The summed E-state index contributed by atoms with van der Waals surface area (Å²) in [6.45, 7) is 2.15. The summed E-state index contributed by atoms with van der Waals surface area (Å²) in [5, 5.41) is 0. The molecule has 0 aliphatic carbocycles. The summed E-state index contributed by atoms with van der Waals surface area (Å²) in [5.41, 5.74) is 0.549. The number of hydrogen-bond donors (Lipinski definition) is 0. The van der Waals surface area contributed by atoms with Crippen LogP contribution >= 0.6 is 12.4 Å². The van der Waals surface area contributed by atoms with Crippen molar-refractivity contribution in [3.8, 4) is 5.75 Å². The molecule has 5 heteroatoms. The molecule has 0 saturated carbocycles. The molecule has 0 N–H and O–H groups in total. The zero-order valence-corrected chi connectivity index (χ0v) is 12.1. The number of hydrogen-bond acceptors (Lipinski definition) is 4. The zero-order chi connectivity index (χ0) is 13.0. The molecule has 19 heavy (non-hydrogen) atoms. The molecule has 1 heterocycles. The van der Waals surface area contributed by atoms with Crippen LogP contribution in [0.1, 0.15) is 23.2 Å². The normalized spacial score (nSPS) is 16.5. The smallest absolute Gasteiger partial charge is 0.337 e. The van der Waals surface area contributed by atoms with Gasteiger partial charge in [-0.15, -0.1) is 12.4 Å². The zero-order valence-electron chi connectivity index (χ0n) is 11.3. The number of likely N-dealkylation sites (tertiary alicyclic amines) is 1. The molecule has 0 aromatic heterocycles. The molecule has 106 valence electrons. The van der Waals surface area contributed by atoms with E-state index >= 15 is 0 Å². The summed E-state index contributed by atoms with van der Waals surface area (Å²) >= 11 is 0. The van der Waals surface area contributed by atoms with Gasteiger partial charge >= 0.3 is 5.97 Å². The second-order valence-corrected chi connectivity index (χ2v) is 4.64. The van der Waals surface area contributed by atoms with Crippen LogP contribution in [0.5, 0.6) is 5.75 Å². The van der Waals surface area contributed by atoms with Crippen molar-refractivity contribution in [3.05, 3.63) is 29.8 Å². The van der Waals surface area contributed by atoms with E-state index in [9.17, 15) is 4.79 Å². The van der Waals surface area contributed by atoms with Crippen molar-refractivity contribution >= 4 is 18.4 Å². The highest BCUT2D eigenvalue weighted by molar-refractivity contribution is 5.89. The van der Waals surface area contributed by atoms with Crippen molar-refractivity contribution in [1.82, 2.24) is 4.90 Å². The number of methoxy groups -OCH3 is 1. The molecule has 0 atom stereocenters. The third kappa shape index (κ3) is 4.40. The topological polar surface area (TPSA) is 38.8 Å². The van der Waals surface area contributed by atoms with Crippen LogP contribution in [0.3, 0.4) is 0 Å². The molecule has 0 amide bonds. The molecule has 1 saturated heterocycles. The Bertz CT molecular complexity index is 400. The highest BCUT2D eigenvalue weighted by Gasteiger charge is 2.18. The fourth-order valence-corrected chi connectivity index (χ4v) is 2.08. The van der Waals surface area contributed by atoms with E-state index in [0.29, 0.717) is 5.56 Å².